The molecule has 1 aliphatic carbocycles. The second-order valence-corrected chi connectivity index (χ2v) is 9.58. The number of pyridine rings is 1. The number of ketones is 4. The van der Waals surface area contributed by atoms with Gasteiger partial charge < -0.3 is 34.1 Å². The van der Waals surface area contributed by atoms with Crippen LogP contribution in [0.3, 0.4) is 0 Å². The maximum Gasteiger partial charge on any atom is 0.352 e. The molecular formula is C29H34N2O12. The number of unbranched alkanes of at least 4 members (excludes halogenated alkanes) is 1. The minimum Gasteiger partial charge on any atom is -0.478 e. The molecule has 14 heteroatoms. The summed E-state index contributed by atoms with van der Waals surface area (Å²) in [5.74, 6) is -5.59. The third kappa shape index (κ3) is 9.19. The van der Waals surface area contributed by atoms with E-state index in [2.05, 4.69) is 9.97 Å². The van der Waals surface area contributed by atoms with Gasteiger partial charge >= 0.3 is 11.9 Å². The van der Waals surface area contributed by atoms with Gasteiger partial charge in [-0.25, -0.2) is 14.6 Å². The monoisotopic (exact) mass is 602 g/mol. The standard InChI is InChI=1S/C29H34N2O12/c1-2-5-17(32)6-3-4-7-40-8-9-41-10-11-42-12-13-43-16-22(33)20-14-18(28(36)37)23-24-19(15-21(31-24)29(38)39)26(34)27(35)25(23)30-20/h14-15,31H,2-13,16H2,1H3,(H,36,37)(H,38,39). The van der Waals surface area contributed by atoms with Crippen molar-refractivity contribution in [1.82, 2.24) is 9.97 Å². The maximum atomic E-state index is 12.7. The van der Waals surface area contributed by atoms with Gasteiger partial charge in [0.2, 0.25) is 11.6 Å². The number of ether oxygens (including phenoxy) is 4. The number of aromatic carboxylic acids is 2. The van der Waals surface area contributed by atoms with Crippen molar-refractivity contribution in [2.24, 2.45) is 0 Å². The molecule has 0 aromatic carbocycles. The minimum absolute atomic E-state index is 0.0353. The van der Waals surface area contributed by atoms with E-state index in [0.29, 0.717) is 39.3 Å². The molecule has 0 spiro atoms. The number of Topliss-reactive ketones (excluding diaryl/α,β-unsaturated/α-hetero) is 4. The molecule has 1 aliphatic rings. The van der Waals surface area contributed by atoms with Gasteiger partial charge in [-0.15, -0.1) is 0 Å². The average Bonchev–Trinajstić information content (AvgIpc) is 3.43. The molecule has 3 rings (SSSR count). The minimum atomic E-state index is -1.51. The molecule has 2 aromatic rings. The molecule has 0 fully saturated rings. The highest BCUT2D eigenvalue weighted by atomic mass is 16.6. The molecule has 0 saturated heterocycles. The predicted octanol–water partition coefficient (Wildman–Crippen LogP) is 2.64. The van der Waals surface area contributed by atoms with Gasteiger partial charge in [0.25, 0.3) is 5.78 Å². The van der Waals surface area contributed by atoms with Gasteiger partial charge in [-0.2, -0.15) is 0 Å². The third-order valence-corrected chi connectivity index (χ3v) is 6.37. The number of aromatic nitrogens is 2. The molecule has 0 amide bonds. The van der Waals surface area contributed by atoms with E-state index in [1.54, 1.807) is 0 Å². The highest BCUT2D eigenvalue weighted by molar-refractivity contribution is 6.52. The molecule has 43 heavy (non-hydrogen) atoms. The molecule has 2 aromatic heterocycles. The topological polar surface area (TPSA) is 208 Å². The lowest BCUT2D eigenvalue weighted by Crippen LogP contribution is -2.26. The van der Waals surface area contributed by atoms with Crippen LogP contribution in [-0.4, -0.2) is 108 Å². The van der Waals surface area contributed by atoms with Crippen LogP contribution in [-0.2, 0) is 23.7 Å². The zero-order valence-electron chi connectivity index (χ0n) is 23.8. The van der Waals surface area contributed by atoms with Gasteiger partial charge in [-0.05, 0) is 31.4 Å². The number of hydrogen-bond donors (Lipinski definition) is 3. The maximum absolute atomic E-state index is 12.7. The molecule has 3 N–H and O–H groups in total. The Labute approximate surface area is 246 Å². The first-order valence-corrected chi connectivity index (χ1v) is 13.9. The van der Waals surface area contributed by atoms with Gasteiger partial charge in [0.15, 0.2) is 0 Å². The summed E-state index contributed by atoms with van der Waals surface area (Å²) in [6, 6.07) is 1.90. The summed E-state index contributed by atoms with van der Waals surface area (Å²) >= 11 is 0. The predicted molar refractivity (Wildman–Crippen MR) is 148 cm³/mol. The fourth-order valence-corrected chi connectivity index (χ4v) is 4.28. The highest BCUT2D eigenvalue weighted by Crippen LogP contribution is 2.36. The van der Waals surface area contributed by atoms with E-state index in [1.165, 1.54) is 0 Å². The van der Waals surface area contributed by atoms with Crippen LogP contribution in [0.1, 0.15) is 91.2 Å². The van der Waals surface area contributed by atoms with Crippen molar-refractivity contribution in [3.05, 3.63) is 40.3 Å². The Bertz CT molecular complexity index is 1360. The Hall–Kier alpha value is -4.11. The number of nitrogens with zero attached hydrogens (tertiary/aromatic N) is 1. The normalized spacial score (nSPS) is 12.2. The summed E-state index contributed by atoms with van der Waals surface area (Å²) in [4.78, 5) is 79.0. The SMILES string of the molecule is CCCC(=O)CCCCOCCOCCOCCOCC(=O)c1cc(C(=O)O)c2c(n1)C(=O)C(=O)c1cc(C(=O)O)[nH]c1-2. The lowest BCUT2D eigenvalue weighted by molar-refractivity contribution is -0.119. The highest BCUT2D eigenvalue weighted by Gasteiger charge is 2.38. The van der Waals surface area contributed by atoms with Crippen LogP contribution in [0.15, 0.2) is 12.1 Å². The van der Waals surface area contributed by atoms with Crippen LogP contribution in [0.25, 0.3) is 11.3 Å². The third-order valence-electron chi connectivity index (χ3n) is 6.37. The van der Waals surface area contributed by atoms with Gasteiger partial charge in [-0.1, -0.05) is 6.92 Å². The summed E-state index contributed by atoms with van der Waals surface area (Å²) in [7, 11) is 0. The zero-order chi connectivity index (χ0) is 31.4. The number of nitrogens with one attached hydrogen (secondary N) is 1. The van der Waals surface area contributed by atoms with E-state index in [4.69, 9.17) is 18.9 Å². The van der Waals surface area contributed by atoms with Crippen molar-refractivity contribution in [3.63, 3.8) is 0 Å². The molecule has 2 heterocycles. The number of aromatic amines is 1. The fraction of sp³-hybridized carbons (Fsp3) is 0.483. The quantitative estimate of drug-likeness (QED) is 0.107. The summed E-state index contributed by atoms with van der Waals surface area (Å²) < 4.78 is 21.5. The average molecular weight is 603 g/mol. The van der Waals surface area contributed by atoms with Crippen LogP contribution < -0.4 is 0 Å². The lowest BCUT2D eigenvalue weighted by Gasteiger charge is -2.17. The molecule has 0 unspecified atom stereocenters. The summed E-state index contributed by atoms with van der Waals surface area (Å²) in [5, 5.41) is 19.0. The molecule has 0 radical (unpaired) electrons. The Balaban J connectivity index is 1.38. The van der Waals surface area contributed by atoms with Crippen LogP contribution in [0, 0.1) is 0 Å². The van der Waals surface area contributed by atoms with Crippen molar-refractivity contribution in [3.8, 4) is 11.3 Å². The molecule has 0 bridgehead atoms. The number of hydrogen-bond acceptors (Lipinski definition) is 11. The van der Waals surface area contributed by atoms with Crippen LogP contribution in [0.5, 0.6) is 0 Å². The summed E-state index contributed by atoms with van der Waals surface area (Å²) in [6.45, 7) is 3.69. The second-order valence-electron chi connectivity index (χ2n) is 9.58. The van der Waals surface area contributed by atoms with E-state index >= 15 is 0 Å². The smallest absolute Gasteiger partial charge is 0.352 e. The van der Waals surface area contributed by atoms with E-state index < -0.39 is 58.5 Å². The number of carboxylic acids is 2. The molecule has 0 aliphatic heterocycles. The first-order valence-electron chi connectivity index (χ1n) is 13.9. The number of carbonyl (C=O) groups excluding carboxylic acids is 4. The first kappa shape index (κ1) is 33.4. The summed E-state index contributed by atoms with van der Waals surface area (Å²) in [6.07, 6.45) is 3.75. The summed E-state index contributed by atoms with van der Waals surface area (Å²) in [5.41, 5.74) is -2.59. The zero-order valence-corrected chi connectivity index (χ0v) is 23.8. The molecule has 232 valence electrons. The van der Waals surface area contributed by atoms with E-state index in [9.17, 15) is 39.0 Å². The molecule has 0 saturated carbocycles. The Morgan fingerprint density at radius 2 is 1.42 bits per heavy atom. The van der Waals surface area contributed by atoms with Crippen molar-refractivity contribution < 1.29 is 57.9 Å². The molecule has 14 nitrogen and oxygen atoms in total. The van der Waals surface area contributed by atoms with Crippen molar-refractivity contribution in [2.45, 2.75) is 39.0 Å². The van der Waals surface area contributed by atoms with Gasteiger partial charge in [0, 0.05) is 25.0 Å². The fourth-order valence-electron chi connectivity index (χ4n) is 4.28. The lowest BCUT2D eigenvalue weighted by atomic mass is 9.88. The first-order chi connectivity index (χ1) is 20.6. The van der Waals surface area contributed by atoms with Crippen LogP contribution in [0.2, 0.25) is 0 Å². The Morgan fingerprint density at radius 1 is 0.791 bits per heavy atom. The van der Waals surface area contributed by atoms with E-state index in [1.807, 2.05) is 6.92 Å². The van der Waals surface area contributed by atoms with E-state index in [0.717, 1.165) is 31.4 Å². The number of rotatable bonds is 21. The number of H-pyrrole nitrogens is 1. The van der Waals surface area contributed by atoms with Crippen molar-refractivity contribution in [2.75, 3.05) is 52.9 Å². The van der Waals surface area contributed by atoms with Gasteiger partial charge in [0.05, 0.1) is 56.5 Å². The van der Waals surface area contributed by atoms with Crippen molar-refractivity contribution in [1.29, 1.82) is 0 Å². The Morgan fingerprint density at radius 3 is 2.02 bits per heavy atom. The number of carbonyl (C=O) groups is 6. The number of fused-ring (bicyclic) bond motifs is 3. The number of carboxylic acid groups (broad SMARTS) is 2. The van der Waals surface area contributed by atoms with Gasteiger partial charge in [0.1, 0.15) is 29.5 Å². The van der Waals surface area contributed by atoms with Crippen LogP contribution in [0.4, 0.5) is 0 Å². The van der Waals surface area contributed by atoms with E-state index in [-0.39, 0.29) is 42.4 Å². The Kier molecular flexibility index (Phi) is 12.8. The largest absolute Gasteiger partial charge is 0.478 e. The molecule has 0 atom stereocenters. The van der Waals surface area contributed by atoms with Gasteiger partial charge in [-0.3, -0.25) is 19.2 Å². The van der Waals surface area contributed by atoms with Crippen LogP contribution >= 0.6 is 0 Å². The molecular weight excluding hydrogens is 568 g/mol. The van der Waals surface area contributed by atoms with Crippen molar-refractivity contribution >= 4 is 35.1 Å². The second kappa shape index (κ2) is 16.5.